The number of aliphatic hydroxyl groups excluding tert-OH is 1. The van der Waals surface area contributed by atoms with Gasteiger partial charge in [0.05, 0.1) is 6.61 Å². The van der Waals surface area contributed by atoms with E-state index in [1.165, 1.54) is 0 Å². The molecule has 1 N–H and O–H groups in total. The molecule has 0 unspecified atom stereocenters. The van der Waals surface area contributed by atoms with Crippen molar-refractivity contribution in [2.45, 2.75) is 13.5 Å². The Labute approximate surface area is 125 Å². The lowest BCUT2D eigenvalue weighted by molar-refractivity contribution is 0.269. The van der Waals surface area contributed by atoms with Gasteiger partial charge < -0.3 is 14.6 Å². The molecule has 0 heterocycles. The zero-order valence-electron chi connectivity index (χ0n) is 12.0. The zero-order valence-corrected chi connectivity index (χ0v) is 12.0. The summed E-state index contributed by atoms with van der Waals surface area (Å²) in [5.74, 6) is 7.04. The van der Waals surface area contributed by atoms with E-state index in [0.29, 0.717) is 19.0 Å². The van der Waals surface area contributed by atoms with E-state index >= 15 is 0 Å². The summed E-state index contributed by atoms with van der Waals surface area (Å²) >= 11 is 0. The average Bonchev–Trinajstić information content (AvgIpc) is 2.53. The van der Waals surface area contributed by atoms with E-state index in [2.05, 4.69) is 11.8 Å². The van der Waals surface area contributed by atoms with Crippen molar-refractivity contribution in [2.24, 2.45) is 0 Å². The predicted octanol–water partition coefficient (Wildman–Crippen LogP) is 3.01. The van der Waals surface area contributed by atoms with Crippen molar-refractivity contribution in [3.8, 4) is 23.3 Å². The minimum Gasteiger partial charge on any atom is -0.490 e. The lowest BCUT2D eigenvalue weighted by Crippen LogP contribution is -2.01. The molecule has 0 aliphatic carbocycles. The van der Waals surface area contributed by atoms with Gasteiger partial charge in [-0.15, -0.1) is 0 Å². The van der Waals surface area contributed by atoms with Crippen LogP contribution in [0.5, 0.6) is 11.5 Å². The van der Waals surface area contributed by atoms with Crippen molar-refractivity contribution < 1.29 is 14.6 Å². The van der Waals surface area contributed by atoms with Gasteiger partial charge >= 0.3 is 0 Å². The molecule has 0 radical (unpaired) electrons. The van der Waals surface area contributed by atoms with E-state index in [1.807, 2.05) is 55.5 Å². The van der Waals surface area contributed by atoms with E-state index in [1.54, 1.807) is 0 Å². The number of hydrogen-bond acceptors (Lipinski definition) is 3. The molecule has 0 spiro atoms. The van der Waals surface area contributed by atoms with Crippen LogP contribution in [0, 0.1) is 11.8 Å². The monoisotopic (exact) mass is 282 g/mol. The summed E-state index contributed by atoms with van der Waals surface area (Å²) in [6.45, 7) is 2.79. The highest BCUT2D eigenvalue weighted by atomic mass is 16.5. The smallest absolute Gasteiger partial charge is 0.161 e. The first-order chi connectivity index (χ1) is 10.3. The SMILES string of the molecule is CCOc1ccccc1OCc1ccccc1C#CCO. The number of para-hydroxylation sites is 2. The fourth-order valence-electron chi connectivity index (χ4n) is 1.90. The Kier molecular flexibility index (Phi) is 5.69. The molecule has 2 rings (SSSR count). The van der Waals surface area contributed by atoms with Crippen molar-refractivity contribution in [3.63, 3.8) is 0 Å². The maximum atomic E-state index is 8.80. The molecule has 0 aliphatic heterocycles. The molecular formula is C18H18O3. The topological polar surface area (TPSA) is 38.7 Å². The van der Waals surface area contributed by atoms with Gasteiger partial charge in [-0.3, -0.25) is 0 Å². The van der Waals surface area contributed by atoms with Crippen molar-refractivity contribution in [3.05, 3.63) is 59.7 Å². The highest BCUT2D eigenvalue weighted by Gasteiger charge is 2.05. The van der Waals surface area contributed by atoms with Crippen LogP contribution in [0.25, 0.3) is 0 Å². The fourth-order valence-corrected chi connectivity index (χ4v) is 1.90. The maximum Gasteiger partial charge on any atom is 0.161 e. The largest absolute Gasteiger partial charge is 0.490 e. The van der Waals surface area contributed by atoms with E-state index in [9.17, 15) is 0 Å². The molecule has 0 saturated heterocycles. The lowest BCUT2D eigenvalue weighted by Gasteiger charge is -2.12. The molecule has 0 fully saturated rings. The highest BCUT2D eigenvalue weighted by Crippen LogP contribution is 2.27. The van der Waals surface area contributed by atoms with Crippen LogP contribution < -0.4 is 9.47 Å². The lowest BCUT2D eigenvalue weighted by atomic mass is 10.1. The Bertz CT molecular complexity index is 638. The van der Waals surface area contributed by atoms with Crippen LogP contribution >= 0.6 is 0 Å². The van der Waals surface area contributed by atoms with E-state index < -0.39 is 0 Å². The van der Waals surface area contributed by atoms with Gasteiger partial charge in [-0.2, -0.15) is 0 Å². The minimum atomic E-state index is -0.150. The molecule has 0 aromatic heterocycles. The zero-order chi connectivity index (χ0) is 14.9. The summed E-state index contributed by atoms with van der Waals surface area (Å²) in [6.07, 6.45) is 0. The van der Waals surface area contributed by atoms with Gasteiger partial charge in [-0.05, 0) is 25.1 Å². The maximum absolute atomic E-state index is 8.80. The quantitative estimate of drug-likeness (QED) is 0.857. The number of aliphatic hydroxyl groups is 1. The van der Waals surface area contributed by atoms with Crippen LogP contribution in [0.1, 0.15) is 18.1 Å². The van der Waals surface area contributed by atoms with Crippen LogP contribution in [0.2, 0.25) is 0 Å². The van der Waals surface area contributed by atoms with Crippen LogP contribution in [0.15, 0.2) is 48.5 Å². The van der Waals surface area contributed by atoms with Gasteiger partial charge in [0.1, 0.15) is 13.2 Å². The molecule has 3 heteroatoms. The van der Waals surface area contributed by atoms with Gasteiger partial charge in [0.15, 0.2) is 11.5 Å². The summed E-state index contributed by atoms with van der Waals surface area (Å²) in [4.78, 5) is 0. The summed E-state index contributed by atoms with van der Waals surface area (Å²) in [5, 5.41) is 8.80. The highest BCUT2D eigenvalue weighted by molar-refractivity contribution is 5.43. The Morgan fingerprint density at radius 3 is 2.33 bits per heavy atom. The van der Waals surface area contributed by atoms with E-state index in [0.717, 1.165) is 16.9 Å². The Hall–Kier alpha value is -2.44. The number of hydrogen-bond donors (Lipinski definition) is 1. The second kappa shape index (κ2) is 7.98. The van der Waals surface area contributed by atoms with Crippen molar-refractivity contribution in [2.75, 3.05) is 13.2 Å². The second-order valence-electron chi connectivity index (χ2n) is 4.29. The standard InChI is InChI=1S/C18H18O3/c1-2-20-17-11-5-6-12-18(17)21-14-16-9-4-3-8-15(16)10-7-13-19/h3-6,8-9,11-12,19H,2,13-14H2,1H3. The number of benzene rings is 2. The first-order valence-corrected chi connectivity index (χ1v) is 6.87. The van der Waals surface area contributed by atoms with Crippen LogP contribution in [0.3, 0.4) is 0 Å². The molecule has 0 atom stereocenters. The fraction of sp³-hybridized carbons (Fsp3) is 0.222. The first-order valence-electron chi connectivity index (χ1n) is 6.87. The van der Waals surface area contributed by atoms with Crippen LogP contribution in [-0.2, 0) is 6.61 Å². The summed E-state index contributed by atoms with van der Waals surface area (Å²) in [6, 6.07) is 15.3. The summed E-state index contributed by atoms with van der Waals surface area (Å²) in [7, 11) is 0. The third kappa shape index (κ3) is 4.27. The third-order valence-electron chi connectivity index (χ3n) is 2.85. The molecule has 108 valence electrons. The second-order valence-corrected chi connectivity index (χ2v) is 4.29. The molecular weight excluding hydrogens is 264 g/mol. The third-order valence-corrected chi connectivity index (χ3v) is 2.85. The van der Waals surface area contributed by atoms with E-state index in [-0.39, 0.29) is 6.61 Å². The minimum absolute atomic E-state index is 0.150. The first kappa shape index (κ1) is 15.0. The molecule has 3 nitrogen and oxygen atoms in total. The number of rotatable bonds is 5. The molecule has 0 amide bonds. The van der Waals surface area contributed by atoms with Crippen molar-refractivity contribution in [1.82, 2.24) is 0 Å². The molecule has 21 heavy (non-hydrogen) atoms. The van der Waals surface area contributed by atoms with Gasteiger partial charge in [0.25, 0.3) is 0 Å². The molecule has 0 saturated carbocycles. The average molecular weight is 282 g/mol. The predicted molar refractivity (Wildman–Crippen MR) is 82.3 cm³/mol. The summed E-state index contributed by atoms with van der Waals surface area (Å²) < 4.78 is 11.4. The van der Waals surface area contributed by atoms with E-state index in [4.69, 9.17) is 14.6 Å². The normalized spacial score (nSPS) is 9.62. The van der Waals surface area contributed by atoms with Gasteiger partial charge in [0, 0.05) is 11.1 Å². The summed E-state index contributed by atoms with van der Waals surface area (Å²) in [5.41, 5.74) is 1.84. The van der Waals surface area contributed by atoms with Gasteiger partial charge in [-0.1, -0.05) is 42.2 Å². The Balaban J connectivity index is 2.13. The van der Waals surface area contributed by atoms with Gasteiger partial charge in [-0.25, -0.2) is 0 Å². The van der Waals surface area contributed by atoms with Crippen molar-refractivity contribution >= 4 is 0 Å². The Morgan fingerprint density at radius 2 is 1.62 bits per heavy atom. The molecule has 0 bridgehead atoms. The molecule has 2 aromatic rings. The Morgan fingerprint density at radius 1 is 0.952 bits per heavy atom. The van der Waals surface area contributed by atoms with Crippen molar-refractivity contribution in [1.29, 1.82) is 0 Å². The molecule has 0 aliphatic rings. The van der Waals surface area contributed by atoms with Gasteiger partial charge in [0.2, 0.25) is 0 Å². The van der Waals surface area contributed by atoms with Crippen LogP contribution in [0.4, 0.5) is 0 Å². The number of ether oxygens (including phenoxy) is 2. The molecule has 2 aromatic carbocycles. The van der Waals surface area contributed by atoms with Crippen LogP contribution in [-0.4, -0.2) is 18.3 Å².